The van der Waals surface area contributed by atoms with E-state index in [1.165, 1.54) is 17.7 Å². The van der Waals surface area contributed by atoms with Crippen molar-refractivity contribution in [2.45, 2.75) is 26.9 Å². The SMILES string of the molecule is CCN(CC)Cc1ccc(CNC(=O)c2ccc(NC)c([N+](=O)[O-])c2)cc1. The fourth-order valence-corrected chi connectivity index (χ4v) is 2.79. The molecule has 0 atom stereocenters. The summed E-state index contributed by atoms with van der Waals surface area (Å²) in [4.78, 5) is 25.3. The van der Waals surface area contributed by atoms with Gasteiger partial charge in [0.05, 0.1) is 4.92 Å². The largest absolute Gasteiger partial charge is 0.383 e. The van der Waals surface area contributed by atoms with Crippen molar-refractivity contribution in [2.24, 2.45) is 0 Å². The molecule has 0 aromatic heterocycles. The summed E-state index contributed by atoms with van der Waals surface area (Å²) in [7, 11) is 1.60. The lowest BCUT2D eigenvalue weighted by Crippen LogP contribution is -2.23. The third-order valence-electron chi connectivity index (χ3n) is 4.50. The Morgan fingerprint density at radius 3 is 2.26 bits per heavy atom. The molecule has 0 saturated carbocycles. The van der Waals surface area contributed by atoms with Gasteiger partial charge in [-0.05, 0) is 36.3 Å². The Hall–Kier alpha value is -2.93. The molecule has 2 rings (SSSR count). The topological polar surface area (TPSA) is 87.5 Å². The van der Waals surface area contributed by atoms with E-state index >= 15 is 0 Å². The lowest BCUT2D eigenvalue weighted by atomic mass is 10.1. The van der Waals surface area contributed by atoms with E-state index in [0.717, 1.165) is 25.2 Å². The van der Waals surface area contributed by atoms with E-state index in [1.54, 1.807) is 13.1 Å². The van der Waals surface area contributed by atoms with Gasteiger partial charge in [0.1, 0.15) is 5.69 Å². The number of anilines is 1. The van der Waals surface area contributed by atoms with Gasteiger partial charge in [-0.1, -0.05) is 38.1 Å². The Morgan fingerprint density at radius 2 is 1.70 bits per heavy atom. The number of nitro benzene ring substituents is 1. The first-order valence-electron chi connectivity index (χ1n) is 9.03. The molecule has 7 nitrogen and oxygen atoms in total. The quantitative estimate of drug-likeness (QED) is 0.522. The molecule has 0 spiro atoms. The van der Waals surface area contributed by atoms with E-state index < -0.39 is 4.92 Å². The third-order valence-corrected chi connectivity index (χ3v) is 4.50. The normalized spacial score (nSPS) is 10.7. The Bertz CT molecular complexity index is 786. The van der Waals surface area contributed by atoms with Gasteiger partial charge in [-0.2, -0.15) is 0 Å². The molecule has 1 amide bonds. The molecule has 0 bridgehead atoms. The second-order valence-corrected chi connectivity index (χ2v) is 6.20. The van der Waals surface area contributed by atoms with Gasteiger partial charge in [0.25, 0.3) is 11.6 Å². The lowest BCUT2D eigenvalue weighted by molar-refractivity contribution is -0.384. The van der Waals surface area contributed by atoms with Crippen LogP contribution in [0.25, 0.3) is 0 Å². The number of hydrogen-bond acceptors (Lipinski definition) is 5. The van der Waals surface area contributed by atoms with Gasteiger partial charge >= 0.3 is 0 Å². The zero-order valence-corrected chi connectivity index (χ0v) is 16.0. The summed E-state index contributed by atoms with van der Waals surface area (Å²) in [5.74, 6) is -0.340. The average Bonchev–Trinajstić information content (AvgIpc) is 2.70. The minimum atomic E-state index is -0.503. The monoisotopic (exact) mass is 370 g/mol. The zero-order chi connectivity index (χ0) is 19.8. The molecule has 144 valence electrons. The molecule has 0 fully saturated rings. The number of nitrogens with zero attached hydrogens (tertiary/aromatic N) is 2. The Labute approximate surface area is 159 Å². The van der Waals surface area contributed by atoms with Gasteiger partial charge in [-0.25, -0.2) is 0 Å². The van der Waals surface area contributed by atoms with E-state index in [2.05, 4.69) is 41.5 Å². The van der Waals surface area contributed by atoms with Crippen molar-refractivity contribution in [3.05, 3.63) is 69.3 Å². The second kappa shape index (κ2) is 9.68. The van der Waals surface area contributed by atoms with Crippen molar-refractivity contribution in [3.63, 3.8) is 0 Å². The Morgan fingerprint density at radius 1 is 1.07 bits per heavy atom. The molecule has 27 heavy (non-hydrogen) atoms. The minimum absolute atomic E-state index is 0.120. The fourth-order valence-electron chi connectivity index (χ4n) is 2.79. The second-order valence-electron chi connectivity index (χ2n) is 6.20. The summed E-state index contributed by atoms with van der Waals surface area (Å²) in [5.41, 5.74) is 2.73. The summed E-state index contributed by atoms with van der Waals surface area (Å²) in [6, 6.07) is 12.5. The molecule has 0 heterocycles. The van der Waals surface area contributed by atoms with Gasteiger partial charge < -0.3 is 10.6 Å². The zero-order valence-electron chi connectivity index (χ0n) is 16.0. The molecule has 2 aromatic rings. The van der Waals surface area contributed by atoms with E-state index in [4.69, 9.17) is 0 Å². The highest BCUT2D eigenvalue weighted by Gasteiger charge is 2.16. The van der Waals surface area contributed by atoms with Crippen LogP contribution >= 0.6 is 0 Å². The van der Waals surface area contributed by atoms with E-state index in [1.807, 2.05) is 12.1 Å². The van der Waals surface area contributed by atoms with Gasteiger partial charge in [0, 0.05) is 31.8 Å². The Kier molecular flexibility index (Phi) is 7.31. The van der Waals surface area contributed by atoms with Crippen molar-refractivity contribution in [2.75, 3.05) is 25.5 Å². The maximum absolute atomic E-state index is 12.3. The number of hydrogen-bond donors (Lipinski definition) is 2. The minimum Gasteiger partial charge on any atom is -0.383 e. The highest BCUT2D eigenvalue weighted by atomic mass is 16.6. The molecule has 0 radical (unpaired) electrons. The van der Waals surface area contributed by atoms with Crippen molar-refractivity contribution in [1.82, 2.24) is 10.2 Å². The molecule has 2 N–H and O–H groups in total. The smallest absolute Gasteiger partial charge is 0.293 e. The van der Waals surface area contributed by atoms with Crippen LogP contribution in [0, 0.1) is 10.1 Å². The van der Waals surface area contributed by atoms with E-state index in [9.17, 15) is 14.9 Å². The van der Waals surface area contributed by atoms with Crippen LogP contribution in [0.5, 0.6) is 0 Å². The standard InChI is InChI=1S/C20H26N4O3/c1-4-23(5-2)14-16-8-6-15(7-9-16)13-22-20(25)17-10-11-18(21-3)19(12-17)24(26)27/h6-12,21H,4-5,13-14H2,1-3H3,(H,22,25). The number of carbonyl (C=O) groups is 1. The number of rotatable bonds is 9. The lowest BCUT2D eigenvalue weighted by Gasteiger charge is -2.18. The highest BCUT2D eigenvalue weighted by Crippen LogP contribution is 2.25. The first-order valence-corrected chi connectivity index (χ1v) is 9.03. The van der Waals surface area contributed by atoms with Crippen LogP contribution in [0.4, 0.5) is 11.4 Å². The average molecular weight is 370 g/mol. The van der Waals surface area contributed by atoms with Crippen LogP contribution in [0.3, 0.4) is 0 Å². The van der Waals surface area contributed by atoms with Crippen molar-refractivity contribution < 1.29 is 9.72 Å². The van der Waals surface area contributed by atoms with Crippen LogP contribution in [0.2, 0.25) is 0 Å². The van der Waals surface area contributed by atoms with Gasteiger partial charge in [-0.15, -0.1) is 0 Å². The van der Waals surface area contributed by atoms with Crippen molar-refractivity contribution in [1.29, 1.82) is 0 Å². The summed E-state index contributed by atoms with van der Waals surface area (Å²) in [5, 5.41) is 16.7. The molecule has 0 aliphatic carbocycles. The summed E-state index contributed by atoms with van der Waals surface area (Å²) >= 11 is 0. The summed E-state index contributed by atoms with van der Waals surface area (Å²) in [6.07, 6.45) is 0. The van der Waals surface area contributed by atoms with Crippen molar-refractivity contribution in [3.8, 4) is 0 Å². The number of amides is 1. The molecular weight excluding hydrogens is 344 g/mol. The van der Waals surface area contributed by atoms with Crippen LogP contribution < -0.4 is 10.6 Å². The number of nitro groups is 1. The van der Waals surface area contributed by atoms with E-state index in [-0.39, 0.29) is 17.2 Å². The third kappa shape index (κ3) is 5.52. The predicted octanol–water partition coefficient (Wildman–Crippen LogP) is 3.41. The van der Waals surface area contributed by atoms with Gasteiger partial charge in [0.15, 0.2) is 0 Å². The van der Waals surface area contributed by atoms with Crippen LogP contribution in [-0.4, -0.2) is 35.9 Å². The predicted molar refractivity (Wildman–Crippen MR) is 107 cm³/mol. The fraction of sp³-hybridized carbons (Fsp3) is 0.350. The first-order chi connectivity index (χ1) is 13.0. The van der Waals surface area contributed by atoms with Crippen molar-refractivity contribution >= 4 is 17.3 Å². The number of benzene rings is 2. The van der Waals surface area contributed by atoms with Crippen LogP contribution in [-0.2, 0) is 13.1 Å². The summed E-state index contributed by atoms with van der Waals surface area (Å²) in [6.45, 7) is 7.56. The molecule has 2 aromatic carbocycles. The van der Waals surface area contributed by atoms with Gasteiger partial charge in [0.2, 0.25) is 0 Å². The highest BCUT2D eigenvalue weighted by molar-refractivity contribution is 5.95. The molecule has 7 heteroatoms. The molecule has 0 saturated heterocycles. The molecule has 0 unspecified atom stereocenters. The molecular formula is C20H26N4O3. The van der Waals surface area contributed by atoms with E-state index in [0.29, 0.717) is 12.2 Å². The number of carbonyl (C=O) groups excluding carboxylic acids is 1. The maximum atomic E-state index is 12.3. The maximum Gasteiger partial charge on any atom is 0.293 e. The number of nitrogens with one attached hydrogen (secondary N) is 2. The molecule has 0 aliphatic rings. The Balaban J connectivity index is 1.99. The van der Waals surface area contributed by atoms with Gasteiger partial charge in [-0.3, -0.25) is 19.8 Å². The van der Waals surface area contributed by atoms with Crippen LogP contribution in [0.15, 0.2) is 42.5 Å². The molecule has 0 aliphatic heterocycles. The van der Waals surface area contributed by atoms with Crippen LogP contribution in [0.1, 0.15) is 35.3 Å². The first kappa shape index (κ1) is 20.4. The summed E-state index contributed by atoms with van der Waals surface area (Å²) < 4.78 is 0.